The second-order valence-electron chi connectivity index (χ2n) is 4.77. The molecule has 2 rings (SSSR count). The van der Waals surface area contributed by atoms with E-state index in [0.717, 1.165) is 5.56 Å². The van der Waals surface area contributed by atoms with Crippen molar-refractivity contribution >= 4 is 22.4 Å². The van der Waals surface area contributed by atoms with Crippen molar-refractivity contribution in [1.29, 1.82) is 0 Å². The maximum Gasteiger partial charge on any atom is 0.387 e. The molecule has 2 aromatic rings. The molecule has 0 aliphatic carbocycles. The minimum Gasteiger partial charge on any atom is -0.435 e. The van der Waals surface area contributed by atoms with Gasteiger partial charge in [-0.2, -0.15) is 8.78 Å². The van der Waals surface area contributed by atoms with Gasteiger partial charge in [-0.1, -0.05) is 12.1 Å². The van der Waals surface area contributed by atoms with Crippen molar-refractivity contribution in [3.63, 3.8) is 0 Å². The average molecular weight is 339 g/mol. The first kappa shape index (κ1) is 17.1. The van der Waals surface area contributed by atoms with Gasteiger partial charge < -0.3 is 10.1 Å². The van der Waals surface area contributed by atoms with Gasteiger partial charge in [0.1, 0.15) is 5.75 Å². The number of carbonyl (C=O) groups is 1. The fraction of sp³-hybridized carbons (Fsp3) is 0.188. The lowest BCUT2D eigenvalue weighted by Crippen LogP contribution is -2.12. The first-order chi connectivity index (χ1) is 10.9. The molecule has 122 valence electrons. The van der Waals surface area contributed by atoms with Gasteiger partial charge in [-0.15, -0.1) is 0 Å². The predicted octanol–water partition coefficient (Wildman–Crippen LogP) is 3.42. The highest BCUT2D eigenvalue weighted by molar-refractivity contribution is 7.83. The summed E-state index contributed by atoms with van der Waals surface area (Å²) in [5.41, 5.74) is 1.70. The average Bonchev–Trinajstić information content (AvgIpc) is 2.48. The Morgan fingerprint density at radius 3 is 2.52 bits per heavy atom. The van der Waals surface area contributed by atoms with Crippen LogP contribution in [0.3, 0.4) is 0 Å². The van der Waals surface area contributed by atoms with Crippen molar-refractivity contribution in [3.8, 4) is 5.75 Å². The number of amides is 1. The molecule has 0 bridgehead atoms. The van der Waals surface area contributed by atoms with E-state index >= 15 is 0 Å². The van der Waals surface area contributed by atoms with Crippen LogP contribution in [0.1, 0.15) is 15.9 Å². The molecule has 0 aliphatic rings. The minimum atomic E-state index is -2.89. The molecule has 1 atom stereocenters. The van der Waals surface area contributed by atoms with E-state index in [-0.39, 0.29) is 11.7 Å². The van der Waals surface area contributed by atoms with Crippen molar-refractivity contribution in [2.45, 2.75) is 12.4 Å². The molecule has 0 aliphatic heterocycles. The summed E-state index contributed by atoms with van der Waals surface area (Å²) in [6.07, 6.45) is 1.59. The van der Waals surface area contributed by atoms with Crippen LogP contribution in [0.15, 0.2) is 48.5 Å². The Morgan fingerprint density at radius 2 is 1.91 bits per heavy atom. The van der Waals surface area contributed by atoms with E-state index in [4.69, 9.17) is 0 Å². The van der Waals surface area contributed by atoms with Gasteiger partial charge >= 0.3 is 6.61 Å². The van der Waals surface area contributed by atoms with Crippen LogP contribution in [0.25, 0.3) is 0 Å². The Labute approximate surface area is 134 Å². The molecule has 2 aromatic carbocycles. The number of nitrogens with one attached hydrogen (secondary N) is 1. The third-order valence-electron chi connectivity index (χ3n) is 2.90. The van der Waals surface area contributed by atoms with Crippen molar-refractivity contribution in [1.82, 2.24) is 0 Å². The number of benzene rings is 2. The molecule has 0 spiro atoms. The first-order valence-electron chi connectivity index (χ1n) is 6.69. The van der Waals surface area contributed by atoms with E-state index in [1.807, 2.05) is 0 Å². The largest absolute Gasteiger partial charge is 0.435 e. The van der Waals surface area contributed by atoms with E-state index < -0.39 is 17.4 Å². The van der Waals surface area contributed by atoms with Gasteiger partial charge in [-0.05, 0) is 42.0 Å². The summed E-state index contributed by atoms with van der Waals surface area (Å²) < 4.78 is 39.6. The third-order valence-corrected chi connectivity index (χ3v) is 3.64. The molecule has 23 heavy (non-hydrogen) atoms. The summed E-state index contributed by atoms with van der Waals surface area (Å²) in [6, 6.07) is 12.5. The molecule has 1 amide bonds. The van der Waals surface area contributed by atoms with Crippen molar-refractivity contribution < 1.29 is 22.5 Å². The molecule has 4 nitrogen and oxygen atoms in total. The standard InChI is InChI=1S/C16H15F2NO3S/c1-23(21)10-11-3-2-4-12(9-11)15(20)19-13-5-7-14(8-6-13)22-16(17)18/h2-9,16H,10H2,1H3,(H,19,20). The molecule has 7 heteroatoms. The fourth-order valence-electron chi connectivity index (χ4n) is 1.96. The molecule has 0 saturated heterocycles. The van der Waals surface area contributed by atoms with Gasteiger partial charge in [-0.25, -0.2) is 0 Å². The highest BCUT2D eigenvalue weighted by atomic mass is 32.2. The Balaban J connectivity index is 2.05. The first-order valence-corrected chi connectivity index (χ1v) is 8.42. The molecule has 1 N–H and O–H groups in total. The number of alkyl halides is 2. The summed E-state index contributed by atoms with van der Waals surface area (Å²) in [6.45, 7) is -2.89. The third kappa shape index (κ3) is 5.45. The Hall–Kier alpha value is -2.28. The monoisotopic (exact) mass is 339 g/mol. The Bertz CT molecular complexity index is 705. The molecule has 0 aromatic heterocycles. The predicted molar refractivity (Wildman–Crippen MR) is 85.2 cm³/mol. The summed E-state index contributed by atoms with van der Waals surface area (Å²) >= 11 is 0. The normalized spacial score (nSPS) is 12.0. The lowest BCUT2D eigenvalue weighted by atomic mass is 10.1. The van der Waals surface area contributed by atoms with Gasteiger partial charge in [0.05, 0.1) is 0 Å². The zero-order valence-corrected chi connectivity index (χ0v) is 13.1. The smallest absolute Gasteiger partial charge is 0.387 e. The number of halogens is 2. The molecular weight excluding hydrogens is 324 g/mol. The van der Waals surface area contributed by atoms with Gasteiger partial charge in [0.15, 0.2) is 0 Å². The van der Waals surface area contributed by atoms with Gasteiger partial charge in [0.2, 0.25) is 0 Å². The van der Waals surface area contributed by atoms with Crippen LogP contribution in [0.4, 0.5) is 14.5 Å². The fourth-order valence-corrected chi connectivity index (χ4v) is 2.61. The van der Waals surface area contributed by atoms with Crippen LogP contribution >= 0.6 is 0 Å². The van der Waals surface area contributed by atoms with Crippen LogP contribution in [-0.4, -0.2) is 23.0 Å². The number of hydrogen-bond donors (Lipinski definition) is 1. The van der Waals surface area contributed by atoms with Crippen LogP contribution in [0.2, 0.25) is 0 Å². The molecule has 0 fully saturated rings. The summed E-state index contributed by atoms with van der Waals surface area (Å²) in [5, 5.41) is 2.66. The van der Waals surface area contributed by atoms with Gasteiger partial charge in [-0.3, -0.25) is 9.00 Å². The quantitative estimate of drug-likeness (QED) is 0.877. The second-order valence-corrected chi connectivity index (χ2v) is 6.21. The van der Waals surface area contributed by atoms with E-state index in [2.05, 4.69) is 10.1 Å². The minimum absolute atomic E-state index is 0.0189. The SMILES string of the molecule is CS(=O)Cc1cccc(C(=O)Nc2ccc(OC(F)F)cc2)c1. The molecule has 0 saturated carbocycles. The summed E-state index contributed by atoms with van der Waals surface area (Å²) in [7, 11) is -0.991. The zero-order chi connectivity index (χ0) is 16.8. The van der Waals surface area contributed by atoms with Gasteiger partial charge in [0, 0.05) is 34.1 Å². The maximum atomic E-state index is 12.2. The number of ether oxygens (including phenoxy) is 1. The zero-order valence-electron chi connectivity index (χ0n) is 12.3. The van der Waals surface area contributed by atoms with Crippen molar-refractivity contribution in [2.24, 2.45) is 0 Å². The highest BCUT2D eigenvalue weighted by Crippen LogP contribution is 2.18. The highest BCUT2D eigenvalue weighted by Gasteiger charge is 2.08. The van der Waals surface area contributed by atoms with Crippen molar-refractivity contribution in [3.05, 3.63) is 59.7 Å². The van der Waals surface area contributed by atoms with Gasteiger partial charge in [0.25, 0.3) is 5.91 Å². The van der Waals surface area contributed by atoms with E-state index in [9.17, 15) is 17.8 Å². The lowest BCUT2D eigenvalue weighted by molar-refractivity contribution is -0.0498. The van der Waals surface area contributed by atoms with Crippen molar-refractivity contribution in [2.75, 3.05) is 11.6 Å². The van der Waals surface area contributed by atoms with E-state index in [0.29, 0.717) is 17.0 Å². The lowest BCUT2D eigenvalue weighted by Gasteiger charge is -2.08. The number of anilines is 1. The molecule has 0 heterocycles. The number of carbonyl (C=O) groups excluding carboxylic acids is 1. The van der Waals surface area contributed by atoms with E-state index in [1.54, 1.807) is 30.5 Å². The van der Waals surface area contributed by atoms with Crippen LogP contribution in [0.5, 0.6) is 5.75 Å². The number of hydrogen-bond acceptors (Lipinski definition) is 3. The van der Waals surface area contributed by atoms with Crippen LogP contribution in [-0.2, 0) is 16.6 Å². The van der Waals surface area contributed by atoms with E-state index in [1.165, 1.54) is 24.3 Å². The Kier molecular flexibility index (Phi) is 5.81. The number of rotatable bonds is 6. The second kappa shape index (κ2) is 7.82. The van der Waals surface area contributed by atoms with Crippen LogP contribution in [0, 0.1) is 0 Å². The molecule has 0 radical (unpaired) electrons. The topological polar surface area (TPSA) is 55.4 Å². The van der Waals surface area contributed by atoms with Crippen LogP contribution < -0.4 is 10.1 Å². The summed E-state index contributed by atoms with van der Waals surface area (Å²) in [5.74, 6) is 0.0579. The Morgan fingerprint density at radius 1 is 1.22 bits per heavy atom. The maximum absolute atomic E-state index is 12.2. The molecular formula is C16H15F2NO3S. The molecule has 1 unspecified atom stereocenters. The summed E-state index contributed by atoms with van der Waals surface area (Å²) in [4.78, 5) is 12.2.